The predicted molar refractivity (Wildman–Crippen MR) is 139 cm³/mol. The van der Waals surface area contributed by atoms with E-state index in [4.69, 9.17) is 5.73 Å². The second-order valence-electron chi connectivity index (χ2n) is 10.3. The van der Waals surface area contributed by atoms with Gasteiger partial charge in [-0.3, -0.25) is 14.9 Å². The van der Waals surface area contributed by atoms with Crippen molar-refractivity contribution in [1.82, 2.24) is 15.5 Å². The van der Waals surface area contributed by atoms with Gasteiger partial charge in [0.2, 0.25) is 5.91 Å². The van der Waals surface area contributed by atoms with Gasteiger partial charge in [0.25, 0.3) is 0 Å². The number of likely N-dealkylation sites (tertiary alicyclic amines) is 1. The van der Waals surface area contributed by atoms with Crippen LogP contribution in [0.25, 0.3) is 11.1 Å². The smallest absolute Gasteiger partial charge is 0.351 e. The Kier molecular flexibility index (Phi) is 8.94. The van der Waals surface area contributed by atoms with Crippen LogP contribution in [0, 0.1) is 0 Å². The fraction of sp³-hybridized carbons (Fsp3) is 0.423. The minimum Gasteiger partial charge on any atom is -0.351 e. The summed E-state index contributed by atoms with van der Waals surface area (Å²) >= 11 is 0. The van der Waals surface area contributed by atoms with Crippen molar-refractivity contribution in [2.75, 3.05) is 19.3 Å². The van der Waals surface area contributed by atoms with Crippen LogP contribution in [-0.4, -0.2) is 74.3 Å². The van der Waals surface area contributed by atoms with Crippen molar-refractivity contribution in [3.8, 4) is 11.1 Å². The lowest BCUT2D eigenvalue weighted by Gasteiger charge is -2.30. The second kappa shape index (κ2) is 11.5. The number of ketones is 1. The molecule has 0 aromatic heterocycles. The Morgan fingerprint density at radius 2 is 1.55 bits per heavy atom. The first-order chi connectivity index (χ1) is 18.3. The molecule has 2 aromatic carbocycles. The number of benzene rings is 2. The number of hydrogen-bond acceptors (Lipinski definition) is 6. The molecule has 9 nitrogen and oxygen atoms in total. The van der Waals surface area contributed by atoms with E-state index in [0.29, 0.717) is 11.1 Å². The van der Waals surface area contributed by atoms with Gasteiger partial charge in [0, 0.05) is 12.7 Å². The number of nitrogens with zero attached hydrogens (tertiary/aromatic N) is 1. The van der Waals surface area contributed by atoms with E-state index < -0.39 is 64.0 Å². The molecule has 4 N–H and O–H groups in total. The van der Waals surface area contributed by atoms with Gasteiger partial charge < -0.3 is 16.0 Å². The van der Waals surface area contributed by atoms with E-state index in [-0.39, 0.29) is 23.5 Å². The summed E-state index contributed by atoms with van der Waals surface area (Å²) in [6.07, 6.45) is -4.47. The maximum Gasteiger partial charge on any atom is 0.407 e. The number of hydrogen-bond donors (Lipinski definition) is 3. The number of Topliss-reactive ketones (excluding diaryl/α,β-unsaturated/α-hetero) is 1. The molecule has 1 heterocycles. The van der Waals surface area contributed by atoms with Gasteiger partial charge in [0.05, 0.1) is 24.0 Å². The largest absolute Gasteiger partial charge is 0.407 e. The molecular weight excluding hydrogens is 556 g/mol. The Morgan fingerprint density at radius 1 is 1.02 bits per heavy atom. The fourth-order valence-electron chi connectivity index (χ4n) is 4.31. The maximum atomic E-state index is 14.6. The topological polar surface area (TPSA) is 139 Å². The molecule has 40 heavy (non-hydrogen) atoms. The van der Waals surface area contributed by atoms with Crippen LogP contribution >= 0.6 is 0 Å². The normalized spacial score (nSPS) is 17.9. The molecule has 1 aliphatic heterocycles. The Hall–Kier alpha value is -3.52. The van der Waals surface area contributed by atoms with Crippen LogP contribution in [-0.2, 0) is 19.4 Å². The van der Waals surface area contributed by atoms with E-state index in [9.17, 15) is 40.4 Å². The lowest BCUT2D eigenvalue weighted by atomic mass is 9.96. The quantitative estimate of drug-likeness (QED) is 0.387. The molecule has 218 valence electrons. The molecule has 0 bridgehead atoms. The number of amides is 3. The molecule has 0 saturated carbocycles. The van der Waals surface area contributed by atoms with Crippen molar-refractivity contribution in [2.45, 2.75) is 55.1 Å². The van der Waals surface area contributed by atoms with Crippen molar-refractivity contribution in [1.29, 1.82) is 0 Å². The number of sulfone groups is 1. The zero-order valence-corrected chi connectivity index (χ0v) is 22.8. The summed E-state index contributed by atoms with van der Waals surface area (Å²) in [6, 6.07) is 4.91. The summed E-state index contributed by atoms with van der Waals surface area (Å²) in [6.45, 7) is 1.61. The summed E-state index contributed by atoms with van der Waals surface area (Å²) in [7, 11) is -3.42. The number of urea groups is 1. The summed E-state index contributed by atoms with van der Waals surface area (Å²) in [4.78, 5) is 37.6. The molecular formula is C26H30F4N4O5S. The van der Waals surface area contributed by atoms with E-state index in [1.165, 1.54) is 48.5 Å². The highest BCUT2D eigenvalue weighted by Crippen LogP contribution is 2.35. The van der Waals surface area contributed by atoms with Gasteiger partial charge in [-0.1, -0.05) is 36.4 Å². The zero-order chi connectivity index (χ0) is 30.0. The molecule has 0 radical (unpaired) electrons. The van der Waals surface area contributed by atoms with Gasteiger partial charge in [-0.2, -0.15) is 13.2 Å². The van der Waals surface area contributed by atoms with Gasteiger partial charge in [-0.25, -0.2) is 17.6 Å². The van der Waals surface area contributed by atoms with E-state index >= 15 is 0 Å². The third kappa shape index (κ3) is 8.01. The van der Waals surface area contributed by atoms with Gasteiger partial charge in [-0.05, 0) is 42.7 Å². The predicted octanol–water partition coefficient (Wildman–Crippen LogP) is 2.91. The van der Waals surface area contributed by atoms with E-state index in [0.717, 1.165) is 25.0 Å². The number of carbonyl (C=O) groups is 3. The highest BCUT2D eigenvalue weighted by Gasteiger charge is 2.44. The number of rotatable bonds is 9. The van der Waals surface area contributed by atoms with Crippen LogP contribution in [0.1, 0.15) is 31.9 Å². The number of alkyl halides is 4. The van der Waals surface area contributed by atoms with Crippen LogP contribution < -0.4 is 16.4 Å². The molecule has 1 fully saturated rings. The van der Waals surface area contributed by atoms with Crippen LogP contribution in [0.2, 0.25) is 0 Å². The van der Waals surface area contributed by atoms with Crippen LogP contribution in [0.3, 0.4) is 0 Å². The standard InChI is InChI=1S/C26H30F4N4O5S/c1-25(2,27)12-19(23(36)33-20-13-34(24(31)37)14-21(20)35)32-22(26(28,29)30)17-6-4-15(5-7-17)16-8-10-18(11-9-16)40(3,38)39/h4-11,19-20,22,32H,12-14H2,1-3H3,(H2,31,37)(H,33,36)/t19-,20?,22-/m0/s1. The first-order valence-electron chi connectivity index (χ1n) is 12.1. The molecule has 2 aromatic rings. The van der Waals surface area contributed by atoms with Crippen molar-refractivity contribution in [2.24, 2.45) is 5.73 Å². The Bertz CT molecular complexity index is 1360. The van der Waals surface area contributed by atoms with Crippen molar-refractivity contribution in [3.63, 3.8) is 0 Å². The average Bonchev–Trinajstić information content (AvgIpc) is 3.20. The monoisotopic (exact) mass is 586 g/mol. The Morgan fingerprint density at radius 3 is 1.98 bits per heavy atom. The third-order valence-electron chi connectivity index (χ3n) is 6.33. The fourth-order valence-corrected chi connectivity index (χ4v) is 4.94. The van der Waals surface area contributed by atoms with Gasteiger partial charge in [0.1, 0.15) is 17.8 Å². The molecule has 3 atom stereocenters. The third-order valence-corrected chi connectivity index (χ3v) is 7.46. The molecule has 3 amide bonds. The number of carbonyl (C=O) groups excluding carboxylic acids is 3. The average molecular weight is 587 g/mol. The molecule has 1 unspecified atom stereocenters. The van der Waals surface area contributed by atoms with Gasteiger partial charge in [0.15, 0.2) is 15.6 Å². The molecule has 1 saturated heterocycles. The SMILES string of the molecule is CC(C)(F)C[C@H](N[C@@H](c1ccc(-c2ccc(S(C)(=O)=O)cc2)cc1)C(F)(F)F)C(=O)NC1CN(C(N)=O)CC1=O. The lowest BCUT2D eigenvalue weighted by molar-refractivity contribution is -0.161. The molecule has 14 heteroatoms. The Balaban J connectivity index is 1.85. The summed E-state index contributed by atoms with van der Waals surface area (Å²) in [5, 5.41) is 4.53. The zero-order valence-electron chi connectivity index (χ0n) is 22.0. The number of nitrogens with two attached hydrogens (primary N) is 1. The van der Waals surface area contributed by atoms with Crippen molar-refractivity contribution < 1.29 is 40.4 Å². The first kappa shape index (κ1) is 31.0. The van der Waals surface area contributed by atoms with Crippen LogP contribution in [0.15, 0.2) is 53.4 Å². The summed E-state index contributed by atoms with van der Waals surface area (Å²) in [5.41, 5.74) is 3.94. The highest BCUT2D eigenvalue weighted by atomic mass is 32.2. The van der Waals surface area contributed by atoms with Crippen molar-refractivity contribution in [3.05, 3.63) is 54.1 Å². The number of primary amides is 1. The Labute approximate surface area is 229 Å². The second-order valence-corrected chi connectivity index (χ2v) is 12.3. The minimum atomic E-state index is -4.89. The molecule has 0 spiro atoms. The minimum absolute atomic E-state index is 0.0935. The molecule has 0 aliphatic carbocycles. The van der Waals surface area contributed by atoms with Crippen LogP contribution in [0.4, 0.5) is 22.4 Å². The van der Waals surface area contributed by atoms with E-state index in [1.54, 1.807) is 0 Å². The molecule has 1 aliphatic rings. The number of nitrogens with one attached hydrogen (secondary N) is 2. The van der Waals surface area contributed by atoms with Crippen LogP contribution in [0.5, 0.6) is 0 Å². The van der Waals surface area contributed by atoms with Crippen molar-refractivity contribution >= 4 is 27.6 Å². The number of halogens is 4. The lowest BCUT2D eigenvalue weighted by Crippen LogP contribution is -2.54. The van der Waals surface area contributed by atoms with Gasteiger partial charge >= 0.3 is 12.2 Å². The summed E-state index contributed by atoms with van der Waals surface area (Å²) < 4.78 is 80.5. The maximum absolute atomic E-state index is 14.6. The van der Waals surface area contributed by atoms with E-state index in [1.807, 2.05) is 0 Å². The summed E-state index contributed by atoms with van der Waals surface area (Å²) in [5.74, 6) is -1.59. The van der Waals surface area contributed by atoms with E-state index in [2.05, 4.69) is 10.6 Å². The first-order valence-corrected chi connectivity index (χ1v) is 14.0. The van der Waals surface area contributed by atoms with Gasteiger partial charge in [-0.15, -0.1) is 0 Å². The highest BCUT2D eigenvalue weighted by molar-refractivity contribution is 7.90. The molecule has 3 rings (SSSR count).